The molecule has 0 spiro atoms. The molecule has 0 radical (unpaired) electrons. The monoisotopic (exact) mass is 336 g/mol. The Hall–Kier alpha value is -2.77. The molecule has 24 heavy (non-hydrogen) atoms. The zero-order valence-corrected chi connectivity index (χ0v) is 14.2. The largest absolute Gasteiger partial charge is 0.497 e. The Labute approximate surface area is 139 Å². The average Bonchev–Trinajstić information content (AvgIpc) is 2.59. The molecule has 1 aliphatic heterocycles. The Morgan fingerprint density at radius 1 is 1.00 bits per heavy atom. The van der Waals surface area contributed by atoms with E-state index in [9.17, 15) is 14.4 Å². The van der Waals surface area contributed by atoms with E-state index in [2.05, 4.69) is 4.74 Å². The molecule has 0 aromatic heterocycles. The van der Waals surface area contributed by atoms with E-state index < -0.39 is 23.6 Å². The summed E-state index contributed by atoms with van der Waals surface area (Å²) in [6.07, 6.45) is -1.78. The summed E-state index contributed by atoms with van der Waals surface area (Å²) < 4.78 is 14.5. The number of imide groups is 1. The molecule has 0 saturated carbocycles. The predicted octanol–water partition coefficient (Wildman–Crippen LogP) is 2.14. The number of ether oxygens (including phenoxy) is 3. The smallest absolute Gasteiger partial charge is 0.436 e. The van der Waals surface area contributed by atoms with Crippen molar-refractivity contribution < 1.29 is 28.6 Å². The third-order valence-electron chi connectivity index (χ3n) is 4.11. The second-order valence-electron chi connectivity index (χ2n) is 5.52. The molecular formula is C16H20N2O6. The highest BCUT2D eigenvalue weighted by Crippen LogP contribution is 2.47. The van der Waals surface area contributed by atoms with E-state index in [1.54, 1.807) is 38.1 Å². The van der Waals surface area contributed by atoms with Gasteiger partial charge in [-0.1, -0.05) is 26.0 Å². The van der Waals surface area contributed by atoms with Gasteiger partial charge in [0.2, 0.25) is 0 Å². The van der Waals surface area contributed by atoms with Crippen LogP contribution in [0.25, 0.3) is 0 Å². The van der Waals surface area contributed by atoms with Crippen molar-refractivity contribution in [3.8, 4) is 5.75 Å². The van der Waals surface area contributed by atoms with Crippen LogP contribution in [-0.2, 0) is 19.8 Å². The number of hydrogen-bond donors (Lipinski definition) is 0. The van der Waals surface area contributed by atoms with Crippen LogP contribution in [0.3, 0.4) is 0 Å². The van der Waals surface area contributed by atoms with E-state index in [1.165, 1.54) is 14.2 Å². The quantitative estimate of drug-likeness (QED) is 0.841. The first kappa shape index (κ1) is 17.6. The topological polar surface area (TPSA) is 85.4 Å². The maximum atomic E-state index is 12.9. The van der Waals surface area contributed by atoms with Gasteiger partial charge in [0.25, 0.3) is 5.91 Å². The Morgan fingerprint density at radius 2 is 1.54 bits per heavy atom. The van der Waals surface area contributed by atoms with Gasteiger partial charge in [-0.3, -0.25) is 4.79 Å². The highest BCUT2D eigenvalue weighted by atomic mass is 16.6. The number of methoxy groups -OCH3 is 3. The van der Waals surface area contributed by atoms with Crippen LogP contribution in [0.2, 0.25) is 0 Å². The summed E-state index contributed by atoms with van der Waals surface area (Å²) in [6.45, 7) is 3.57. The lowest BCUT2D eigenvalue weighted by molar-refractivity contribution is -0.209. The number of rotatable bonds is 3. The van der Waals surface area contributed by atoms with Crippen LogP contribution in [0.4, 0.5) is 9.59 Å². The van der Waals surface area contributed by atoms with E-state index >= 15 is 0 Å². The molecule has 1 aromatic carbocycles. The SMILES string of the molecule is COC(=O)N1C(=O)[C@](c2ccc(OC)cc2)(C(C)C)N1C(=O)OC. The lowest BCUT2D eigenvalue weighted by Gasteiger charge is -2.56. The lowest BCUT2D eigenvalue weighted by atomic mass is 9.75. The van der Waals surface area contributed by atoms with Crippen molar-refractivity contribution >= 4 is 18.1 Å². The molecule has 130 valence electrons. The van der Waals surface area contributed by atoms with Gasteiger partial charge in [-0.05, 0) is 23.6 Å². The molecule has 0 unspecified atom stereocenters. The van der Waals surface area contributed by atoms with E-state index in [-0.39, 0.29) is 5.92 Å². The standard InChI is InChI=1S/C16H20N2O6/c1-10(2)16(11-6-8-12(22-3)9-7-11)13(19)17(14(20)23-4)18(16)15(21)24-5/h6-10H,1-5H3/t16-/m1/s1. The average molecular weight is 336 g/mol. The van der Waals surface area contributed by atoms with Crippen LogP contribution in [0.15, 0.2) is 24.3 Å². The van der Waals surface area contributed by atoms with Gasteiger partial charge < -0.3 is 14.2 Å². The zero-order chi connectivity index (χ0) is 18.1. The number of carbonyl (C=O) groups is 3. The minimum absolute atomic E-state index is 0.321. The highest BCUT2D eigenvalue weighted by molar-refractivity contribution is 6.06. The highest BCUT2D eigenvalue weighted by Gasteiger charge is 2.67. The molecule has 2 rings (SSSR count). The molecule has 0 bridgehead atoms. The van der Waals surface area contributed by atoms with E-state index in [0.29, 0.717) is 16.3 Å². The molecule has 8 nitrogen and oxygen atoms in total. The third kappa shape index (κ3) is 2.26. The summed E-state index contributed by atoms with van der Waals surface area (Å²) in [5.74, 6) is -0.266. The summed E-state index contributed by atoms with van der Waals surface area (Å²) >= 11 is 0. The minimum atomic E-state index is -1.35. The fourth-order valence-corrected chi connectivity index (χ4v) is 2.93. The second-order valence-corrected chi connectivity index (χ2v) is 5.52. The van der Waals surface area contributed by atoms with E-state index in [4.69, 9.17) is 9.47 Å². The molecule has 1 aromatic rings. The van der Waals surface area contributed by atoms with Crippen LogP contribution < -0.4 is 4.74 Å². The Morgan fingerprint density at radius 3 is 1.96 bits per heavy atom. The summed E-state index contributed by atoms with van der Waals surface area (Å²) in [6, 6.07) is 6.73. The molecule has 8 heteroatoms. The molecule has 1 atom stereocenters. The molecule has 1 heterocycles. The first-order chi connectivity index (χ1) is 11.4. The zero-order valence-electron chi connectivity index (χ0n) is 14.2. The third-order valence-corrected chi connectivity index (χ3v) is 4.11. The molecule has 1 saturated heterocycles. The first-order valence-corrected chi connectivity index (χ1v) is 7.31. The van der Waals surface area contributed by atoms with Gasteiger partial charge in [-0.2, -0.15) is 5.01 Å². The van der Waals surface area contributed by atoms with Crippen LogP contribution >= 0.6 is 0 Å². The fourth-order valence-electron chi connectivity index (χ4n) is 2.93. The Kier molecular flexibility index (Phi) is 4.68. The summed E-state index contributed by atoms with van der Waals surface area (Å²) in [5.41, 5.74) is -0.804. The van der Waals surface area contributed by atoms with Crippen LogP contribution in [-0.4, -0.2) is 49.4 Å². The number of carbonyl (C=O) groups excluding carboxylic acids is 3. The summed E-state index contributed by atoms with van der Waals surface area (Å²) in [7, 11) is 3.84. The van der Waals surface area contributed by atoms with Gasteiger partial charge in [0.1, 0.15) is 5.75 Å². The van der Waals surface area contributed by atoms with Gasteiger partial charge in [0.05, 0.1) is 21.3 Å². The van der Waals surface area contributed by atoms with Gasteiger partial charge in [-0.15, -0.1) is 5.01 Å². The van der Waals surface area contributed by atoms with Crippen molar-refractivity contribution in [2.24, 2.45) is 5.92 Å². The summed E-state index contributed by atoms with van der Waals surface area (Å²) in [4.78, 5) is 37.0. The van der Waals surface area contributed by atoms with Crippen molar-refractivity contribution in [3.05, 3.63) is 29.8 Å². The Balaban J connectivity index is 2.59. The van der Waals surface area contributed by atoms with Crippen molar-refractivity contribution in [2.45, 2.75) is 19.4 Å². The second kappa shape index (κ2) is 6.38. The molecule has 3 amide bonds. The summed E-state index contributed by atoms with van der Waals surface area (Å²) in [5, 5.41) is 1.64. The molecule has 0 aliphatic carbocycles. The molecule has 1 fully saturated rings. The van der Waals surface area contributed by atoms with Crippen LogP contribution in [0.1, 0.15) is 19.4 Å². The number of nitrogens with zero attached hydrogens (tertiary/aromatic N) is 2. The number of amides is 3. The minimum Gasteiger partial charge on any atom is -0.497 e. The normalized spacial score (nSPS) is 19.8. The lowest BCUT2D eigenvalue weighted by Crippen LogP contribution is -2.79. The van der Waals surface area contributed by atoms with Crippen molar-refractivity contribution in [2.75, 3.05) is 21.3 Å². The molecular weight excluding hydrogens is 316 g/mol. The van der Waals surface area contributed by atoms with Crippen LogP contribution in [0, 0.1) is 5.92 Å². The van der Waals surface area contributed by atoms with Crippen molar-refractivity contribution in [1.29, 1.82) is 0 Å². The Bertz CT molecular complexity index is 657. The number of hydrogen-bond acceptors (Lipinski definition) is 6. The van der Waals surface area contributed by atoms with E-state index in [0.717, 1.165) is 12.1 Å². The van der Waals surface area contributed by atoms with Gasteiger partial charge in [-0.25, -0.2) is 9.59 Å². The van der Waals surface area contributed by atoms with Gasteiger partial charge in [0.15, 0.2) is 5.54 Å². The number of hydrazine groups is 1. The first-order valence-electron chi connectivity index (χ1n) is 7.31. The number of benzene rings is 1. The maximum Gasteiger partial charge on any atom is 0.436 e. The van der Waals surface area contributed by atoms with Gasteiger partial charge >= 0.3 is 12.2 Å². The maximum absolute atomic E-state index is 12.9. The van der Waals surface area contributed by atoms with Crippen molar-refractivity contribution in [3.63, 3.8) is 0 Å². The molecule has 0 N–H and O–H groups in total. The fraction of sp³-hybridized carbons (Fsp3) is 0.438. The predicted molar refractivity (Wildman–Crippen MR) is 83.0 cm³/mol. The van der Waals surface area contributed by atoms with Crippen LogP contribution in [0.5, 0.6) is 5.75 Å². The van der Waals surface area contributed by atoms with E-state index in [1.807, 2.05) is 0 Å². The van der Waals surface area contributed by atoms with Crippen molar-refractivity contribution in [1.82, 2.24) is 10.0 Å². The van der Waals surface area contributed by atoms with Gasteiger partial charge in [0, 0.05) is 0 Å². The molecule has 1 aliphatic rings.